The molecule has 23 heavy (non-hydrogen) atoms. The van der Waals surface area contributed by atoms with Crippen LogP contribution in [-0.4, -0.2) is 25.4 Å². The highest BCUT2D eigenvalue weighted by molar-refractivity contribution is 7.14. The molecule has 0 radical (unpaired) electrons. The van der Waals surface area contributed by atoms with Gasteiger partial charge in [-0.1, -0.05) is 0 Å². The number of aromatic hydroxyl groups is 2. The van der Waals surface area contributed by atoms with Crippen LogP contribution in [-0.2, 0) is 0 Å². The van der Waals surface area contributed by atoms with Crippen LogP contribution in [0.4, 0.5) is 10.8 Å². The Morgan fingerprint density at radius 3 is 2.87 bits per heavy atom. The van der Waals surface area contributed by atoms with Gasteiger partial charge in [0, 0.05) is 28.1 Å². The summed E-state index contributed by atoms with van der Waals surface area (Å²) in [4.78, 5) is 4.47. The van der Waals surface area contributed by atoms with Crippen molar-refractivity contribution in [1.29, 1.82) is 0 Å². The van der Waals surface area contributed by atoms with E-state index < -0.39 is 0 Å². The summed E-state index contributed by atoms with van der Waals surface area (Å²) in [5, 5.41) is 33.0. The van der Waals surface area contributed by atoms with Crippen molar-refractivity contribution in [3.05, 3.63) is 48.0 Å². The Morgan fingerprint density at radius 2 is 2.00 bits per heavy atom. The summed E-state index contributed by atoms with van der Waals surface area (Å²) >= 11 is 1.44. The molecule has 0 saturated carbocycles. The van der Waals surface area contributed by atoms with Gasteiger partial charge in [-0.25, -0.2) is 4.98 Å². The number of hydrogen-bond acceptors (Lipinski definition) is 6. The first-order valence-electron chi connectivity index (χ1n) is 6.87. The van der Waals surface area contributed by atoms with Gasteiger partial charge in [0.25, 0.3) is 0 Å². The van der Waals surface area contributed by atoms with Crippen LogP contribution in [0.2, 0.25) is 0 Å². The Kier molecular flexibility index (Phi) is 3.13. The first-order chi connectivity index (χ1) is 11.2. The third kappa shape index (κ3) is 2.58. The molecule has 0 spiro atoms. The molecule has 2 heterocycles. The zero-order chi connectivity index (χ0) is 15.8. The van der Waals surface area contributed by atoms with Gasteiger partial charge in [-0.15, -0.1) is 11.3 Å². The average Bonchev–Trinajstić information content (AvgIpc) is 3.16. The lowest BCUT2D eigenvalue weighted by Gasteiger charge is -2.03. The lowest BCUT2D eigenvalue weighted by molar-refractivity contribution is 0.452. The fourth-order valence-electron chi connectivity index (χ4n) is 2.33. The number of phenols is 2. The van der Waals surface area contributed by atoms with E-state index in [1.54, 1.807) is 12.3 Å². The van der Waals surface area contributed by atoms with Crippen LogP contribution < -0.4 is 5.32 Å². The number of aromatic nitrogens is 3. The molecule has 2 aromatic carbocycles. The van der Waals surface area contributed by atoms with Crippen molar-refractivity contribution in [1.82, 2.24) is 15.2 Å². The standard InChI is InChI=1S/C16H12N4O2S/c21-11-3-4-12(15(22)6-11)14-8-23-16(19-14)18-10-2-1-9-7-17-20-13(9)5-10/h1-8,21-22H,(H,17,20)(H,18,19). The minimum absolute atomic E-state index is 0.000675. The molecule has 0 aliphatic carbocycles. The van der Waals surface area contributed by atoms with Crippen LogP contribution >= 0.6 is 11.3 Å². The Labute approximate surface area is 135 Å². The molecule has 0 amide bonds. The van der Waals surface area contributed by atoms with E-state index in [1.807, 2.05) is 23.6 Å². The van der Waals surface area contributed by atoms with Crippen molar-refractivity contribution in [2.24, 2.45) is 0 Å². The highest BCUT2D eigenvalue weighted by Gasteiger charge is 2.10. The SMILES string of the molecule is Oc1ccc(-c2csc(Nc3ccc4cn[nH]c4c3)n2)c(O)c1. The predicted molar refractivity (Wildman–Crippen MR) is 90.3 cm³/mol. The van der Waals surface area contributed by atoms with Gasteiger partial charge in [-0.2, -0.15) is 5.10 Å². The maximum Gasteiger partial charge on any atom is 0.187 e. The van der Waals surface area contributed by atoms with Crippen LogP contribution in [0.5, 0.6) is 11.5 Å². The van der Waals surface area contributed by atoms with E-state index >= 15 is 0 Å². The van der Waals surface area contributed by atoms with E-state index in [2.05, 4.69) is 20.5 Å². The second-order valence-corrected chi connectivity index (χ2v) is 5.89. The van der Waals surface area contributed by atoms with Gasteiger partial charge in [0.15, 0.2) is 5.13 Å². The quantitative estimate of drug-likeness (QED) is 0.459. The Bertz CT molecular complexity index is 993. The number of hydrogen-bond donors (Lipinski definition) is 4. The van der Waals surface area contributed by atoms with Crippen molar-refractivity contribution in [3.8, 4) is 22.8 Å². The second-order valence-electron chi connectivity index (χ2n) is 5.04. The fraction of sp³-hybridized carbons (Fsp3) is 0. The molecule has 6 nitrogen and oxygen atoms in total. The zero-order valence-corrected chi connectivity index (χ0v) is 12.6. The number of aromatic amines is 1. The molecular weight excluding hydrogens is 312 g/mol. The molecule has 114 valence electrons. The number of H-pyrrole nitrogens is 1. The number of phenolic OH excluding ortho intramolecular Hbond substituents is 2. The van der Waals surface area contributed by atoms with Crippen molar-refractivity contribution >= 4 is 33.1 Å². The smallest absolute Gasteiger partial charge is 0.187 e. The lowest BCUT2D eigenvalue weighted by atomic mass is 10.1. The van der Waals surface area contributed by atoms with Gasteiger partial charge in [0.05, 0.1) is 17.4 Å². The first-order valence-corrected chi connectivity index (χ1v) is 7.75. The molecule has 7 heteroatoms. The normalized spacial score (nSPS) is 11.0. The Morgan fingerprint density at radius 1 is 1.09 bits per heavy atom. The predicted octanol–water partition coefficient (Wildman–Crippen LogP) is 3.84. The van der Waals surface area contributed by atoms with Crippen LogP contribution in [0.25, 0.3) is 22.2 Å². The zero-order valence-electron chi connectivity index (χ0n) is 11.8. The van der Waals surface area contributed by atoms with Gasteiger partial charge in [-0.3, -0.25) is 5.10 Å². The number of nitrogens with one attached hydrogen (secondary N) is 2. The number of benzene rings is 2. The molecule has 0 saturated heterocycles. The fourth-order valence-corrected chi connectivity index (χ4v) is 3.06. The van der Waals surface area contributed by atoms with Gasteiger partial charge in [0.2, 0.25) is 0 Å². The number of rotatable bonds is 3. The topological polar surface area (TPSA) is 94.1 Å². The van der Waals surface area contributed by atoms with Gasteiger partial charge in [0.1, 0.15) is 11.5 Å². The Hall–Kier alpha value is -3.06. The third-order valence-corrected chi connectivity index (χ3v) is 4.21. The van der Waals surface area contributed by atoms with Crippen LogP contribution in [0, 0.1) is 0 Å². The molecule has 4 N–H and O–H groups in total. The monoisotopic (exact) mass is 324 g/mol. The largest absolute Gasteiger partial charge is 0.508 e. The van der Waals surface area contributed by atoms with E-state index in [9.17, 15) is 10.2 Å². The van der Waals surface area contributed by atoms with Gasteiger partial charge >= 0.3 is 0 Å². The van der Waals surface area contributed by atoms with Crippen molar-refractivity contribution in [3.63, 3.8) is 0 Å². The Balaban J connectivity index is 1.62. The number of anilines is 2. The number of fused-ring (bicyclic) bond motifs is 1. The summed E-state index contributed by atoms with van der Waals surface area (Å²) in [7, 11) is 0. The molecule has 0 aliphatic rings. The summed E-state index contributed by atoms with van der Waals surface area (Å²) in [6.45, 7) is 0. The summed E-state index contributed by atoms with van der Waals surface area (Å²) in [5.41, 5.74) is 3.08. The summed E-state index contributed by atoms with van der Waals surface area (Å²) < 4.78 is 0. The van der Waals surface area contributed by atoms with E-state index in [-0.39, 0.29) is 11.5 Å². The maximum absolute atomic E-state index is 9.91. The first kappa shape index (κ1) is 13.6. The minimum Gasteiger partial charge on any atom is -0.508 e. The molecule has 4 aromatic rings. The van der Waals surface area contributed by atoms with E-state index in [4.69, 9.17) is 0 Å². The van der Waals surface area contributed by atoms with Gasteiger partial charge in [-0.05, 0) is 30.3 Å². The van der Waals surface area contributed by atoms with Gasteiger partial charge < -0.3 is 15.5 Å². The molecule has 0 bridgehead atoms. The van der Waals surface area contributed by atoms with E-state index in [1.165, 1.54) is 23.5 Å². The van der Waals surface area contributed by atoms with Crippen molar-refractivity contribution in [2.75, 3.05) is 5.32 Å². The van der Waals surface area contributed by atoms with Crippen LogP contribution in [0.15, 0.2) is 48.0 Å². The molecule has 0 aliphatic heterocycles. The molecule has 2 aromatic heterocycles. The highest BCUT2D eigenvalue weighted by atomic mass is 32.1. The van der Waals surface area contributed by atoms with Crippen molar-refractivity contribution < 1.29 is 10.2 Å². The second kappa shape index (κ2) is 5.29. The molecular formula is C16H12N4O2S. The lowest BCUT2D eigenvalue weighted by Crippen LogP contribution is -1.89. The molecule has 0 fully saturated rings. The molecule has 0 unspecified atom stereocenters. The van der Waals surface area contributed by atoms with E-state index in [0.717, 1.165) is 16.6 Å². The highest BCUT2D eigenvalue weighted by Crippen LogP contribution is 2.34. The number of nitrogens with zero attached hydrogens (tertiary/aromatic N) is 2. The molecule has 0 atom stereocenters. The summed E-state index contributed by atoms with van der Waals surface area (Å²) in [5.74, 6) is 0.0217. The van der Waals surface area contributed by atoms with Crippen molar-refractivity contribution in [2.45, 2.75) is 0 Å². The van der Waals surface area contributed by atoms with Crippen LogP contribution in [0.1, 0.15) is 0 Å². The number of thiazole rings is 1. The minimum atomic E-state index is 0.000675. The summed E-state index contributed by atoms with van der Waals surface area (Å²) in [6.07, 6.45) is 1.77. The van der Waals surface area contributed by atoms with Crippen LogP contribution in [0.3, 0.4) is 0 Å². The summed E-state index contributed by atoms with van der Waals surface area (Å²) in [6, 6.07) is 10.3. The average molecular weight is 324 g/mol. The molecule has 4 rings (SSSR count). The van der Waals surface area contributed by atoms with E-state index in [0.29, 0.717) is 16.4 Å². The third-order valence-electron chi connectivity index (χ3n) is 3.45. The maximum atomic E-state index is 9.91.